The molecule has 6 rings (SSSR count). The Morgan fingerprint density at radius 2 is 1.24 bits per heavy atom. The van der Waals surface area contributed by atoms with Gasteiger partial charge in [-0.3, -0.25) is 0 Å². The average Bonchev–Trinajstić information content (AvgIpc) is 2.81. The Morgan fingerprint density at radius 3 is 1.97 bits per heavy atom. The highest BCUT2D eigenvalue weighted by Gasteiger charge is 2.48. The van der Waals surface area contributed by atoms with Gasteiger partial charge in [-0.15, -0.1) is 0 Å². The van der Waals surface area contributed by atoms with E-state index in [1.54, 1.807) is 0 Å². The average molecular weight is 476 g/mol. The van der Waals surface area contributed by atoms with Gasteiger partial charge in [0.15, 0.2) is 0 Å². The second-order valence-electron chi connectivity index (χ2n) is 8.18. The molecule has 0 aliphatic carbocycles. The van der Waals surface area contributed by atoms with E-state index >= 15 is 0 Å². The molecule has 0 atom stereocenters. The standard InChI is InChI=1S/C27H15F3O3S/c28-27(29,30)34(31,32)33-22-11-8-16-4-7-20(14-21(16)15-22)23-12-9-19-6-5-17-2-1-3-18-10-13-24(23)26(19)25(17)18/h1-15H. The normalized spacial score (nSPS) is 12.8. The maximum Gasteiger partial charge on any atom is 0.534 e. The molecule has 6 aromatic carbocycles. The summed E-state index contributed by atoms with van der Waals surface area (Å²) in [5.41, 5.74) is -3.66. The number of fused-ring (bicyclic) bond motifs is 1. The van der Waals surface area contributed by atoms with Crippen LogP contribution in [0, 0.1) is 0 Å². The fourth-order valence-electron chi connectivity index (χ4n) is 4.61. The summed E-state index contributed by atoms with van der Waals surface area (Å²) < 4.78 is 65.3. The predicted octanol–water partition coefficient (Wildman–Crippen LogP) is 7.63. The van der Waals surface area contributed by atoms with Crippen molar-refractivity contribution in [2.24, 2.45) is 0 Å². The lowest BCUT2D eigenvalue weighted by atomic mass is 9.89. The highest BCUT2D eigenvalue weighted by molar-refractivity contribution is 7.88. The molecule has 0 fully saturated rings. The van der Waals surface area contributed by atoms with Crippen molar-refractivity contribution in [2.75, 3.05) is 0 Å². The first-order valence-corrected chi connectivity index (χ1v) is 11.8. The zero-order chi connectivity index (χ0) is 23.7. The van der Waals surface area contributed by atoms with Crippen molar-refractivity contribution in [2.45, 2.75) is 5.51 Å². The van der Waals surface area contributed by atoms with Crippen LogP contribution in [0.15, 0.2) is 91.0 Å². The molecule has 0 radical (unpaired) electrons. The molecular formula is C27H15F3O3S. The molecule has 6 aromatic rings. The van der Waals surface area contributed by atoms with E-state index in [4.69, 9.17) is 0 Å². The van der Waals surface area contributed by atoms with Crippen LogP contribution in [0.2, 0.25) is 0 Å². The van der Waals surface area contributed by atoms with Gasteiger partial charge in [-0.05, 0) is 72.4 Å². The van der Waals surface area contributed by atoms with Gasteiger partial charge in [-0.2, -0.15) is 21.6 Å². The van der Waals surface area contributed by atoms with Crippen LogP contribution < -0.4 is 4.18 Å². The summed E-state index contributed by atoms with van der Waals surface area (Å²) in [4.78, 5) is 0. The summed E-state index contributed by atoms with van der Waals surface area (Å²) in [6.45, 7) is 0. The summed E-state index contributed by atoms with van der Waals surface area (Å²) in [6.07, 6.45) is 0. The Hall–Kier alpha value is -3.84. The lowest BCUT2D eigenvalue weighted by molar-refractivity contribution is -0.0500. The predicted molar refractivity (Wildman–Crippen MR) is 129 cm³/mol. The molecule has 0 spiro atoms. The van der Waals surface area contributed by atoms with E-state index in [9.17, 15) is 21.6 Å². The van der Waals surface area contributed by atoms with Gasteiger partial charge in [0.1, 0.15) is 5.75 Å². The van der Waals surface area contributed by atoms with Crippen LogP contribution in [0.5, 0.6) is 5.75 Å². The van der Waals surface area contributed by atoms with E-state index < -0.39 is 21.4 Å². The molecule has 0 aromatic heterocycles. The number of rotatable bonds is 3. The lowest BCUT2D eigenvalue weighted by Gasteiger charge is -2.15. The molecule has 3 nitrogen and oxygen atoms in total. The van der Waals surface area contributed by atoms with E-state index in [0.717, 1.165) is 43.4 Å². The van der Waals surface area contributed by atoms with E-state index in [1.165, 1.54) is 23.6 Å². The fraction of sp³-hybridized carbons (Fsp3) is 0.0370. The molecule has 0 aliphatic heterocycles. The topological polar surface area (TPSA) is 43.4 Å². The molecule has 7 heteroatoms. The van der Waals surface area contributed by atoms with Crippen molar-refractivity contribution in [3.63, 3.8) is 0 Å². The molecule has 0 unspecified atom stereocenters. The molecule has 168 valence electrons. The van der Waals surface area contributed by atoms with Crippen molar-refractivity contribution in [1.82, 2.24) is 0 Å². The maximum absolute atomic E-state index is 12.7. The maximum atomic E-state index is 12.7. The summed E-state index contributed by atoms with van der Waals surface area (Å²) >= 11 is 0. The van der Waals surface area contributed by atoms with Gasteiger partial charge < -0.3 is 4.18 Å². The Labute approximate surface area is 192 Å². The van der Waals surface area contributed by atoms with Gasteiger partial charge in [0.05, 0.1) is 0 Å². The van der Waals surface area contributed by atoms with Gasteiger partial charge in [0.2, 0.25) is 0 Å². The van der Waals surface area contributed by atoms with Crippen LogP contribution >= 0.6 is 0 Å². The summed E-state index contributed by atoms with van der Waals surface area (Å²) in [7, 11) is -5.74. The first-order chi connectivity index (χ1) is 16.2. The van der Waals surface area contributed by atoms with Crippen LogP contribution in [0.3, 0.4) is 0 Å². The lowest BCUT2D eigenvalue weighted by Crippen LogP contribution is -2.28. The number of hydrogen-bond acceptors (Lipinski definition) is 3. The van der Waals surface area contributed by atoms with Crippen molar-refractivity contribution >= 4 is 53.2 Å². The van der Waals surface area contributed by atoms with Gasteiger partial charge in [0.25, 0.3) is 0 Å². The van der Waals surface area contributed by atoms with E-state index in [1.807, 2.05) is 30.3 Å². The van der Waals surface area contributed by atoms with Gasteiger partial charge in [-0.1, -0.05) is 72.8 Å². The molecule has 0 saturated carbocycles. The van der Waals surface area contributed by atoms with Crippen molar-refractivity contribution in [1.29, 1.82) is 0 Å². The van der Waals surface area contributed by atoms with Gasteiger partial charge in [-0.25, -0.2) is 0 Å². The second kappa shape index (κ2) is 7.08. The monoisotopic (exact) mass is 476 g/mol. The van der Waals surface area contributed by atoms with E-state index in [-0.39, 0.29) is 0 Å². The molecule has 0 N–H and O–H groups in total. The third-order valence-electron chi connectivity index (χ3n) is 6.14. The minimum absolute atomic E-state index is 0.391. The highest BCUT2D eigenvalue weighted by atomic mass is 32.2. The molecule has 0 heterocycles. The van der Waals surface area contributed by atoms with Gasteiger partial charge in [0, 0.05) is 0 Å². The van der Waals surface area contributed by atoms with E-state index in [2.05, 4.69) is 46.6 Å². The largest absolute Gasteiger partial charge is 0.534 e. The van der Waals surface area contributed by atoms with Crippen molar-refractivity contribution in [3.8, 4) is 16.9 Å². The number of benzene rings is 6. The minimum Gasteiger partial charge on any atom is -0.376 e. The number of halogens is 3. The summed E-state index contributed by atoms with van der Waals surface area (Å²) in [5.74, 6) is -0.391. The Balaban J connectivity index is 1.53. The van der Waals surface area contributed by atoms with Gasteiger partial charge >= 0.3 is 15.6 Å². The Morgan fingerprint density at radius 1 is 0.618 bits per heavy atom. The smallest absolute Gasteiger partial charge is 0.376 e. The zero-order valence-corrected chi connectivity index (χ0v) is 18.2. The third kappa shape index (κ3) is 3.15. The third-order valence-corrected chi connectivity index (χ3v) is 7.12. The number of hydrogen-bond donors (Lipinski definition) is 0. The van der Waals surface area contributed by atoms with Crippen molar-refractivity contribution in [3.05, 3.63) is 91.0 Å². The van der Waals surface area contributed by atoms with Crippen LogP contribution in [0.1, 0.15) is 0 Å². The zero-order valence-electron chi connectivity index (χ0n) is 17.4. The molecule has 0 bridgehead atoms. The Bertz CT molecular complexity index is 1820. The van der Waals surface area contributed by atoms with Crippen LogP contribution in [0.25, 0.3) is 54.2 Å². The second-order valence-corrected chi connectivity index (χ2v) is 9.71. The molecule has 0 saturated heterocycles. The van der Waals surface area contributed by atoms with Crippen LogP contribution in [-0.4, -0.2) is 13.9 Å². The molecule has 0 aliphatic rings. The van der Waals surface area contributed by atoms with Crippen LogP contribution in [-0.2, 0) is 10.1 Å². The van der Waals surface area contributed by atoms with Crippen LogP contribution in [0.4, 0.5) is 13.2 Å². The SMILES string of the molecule is O=S(=O)(Oc1ccc2ccc(-c3ccc4ccc5cccc6ccc3c4c56)cc2c1)C(F)(F)F. The summed E-state index contributed by atoms with van der Waals surface area (Å²) in [5, 5.41) is 8.15. The molecule has 0 amide bonds. The minimum atomic E-state index is -5.74. The summed E-state index contributed by atoms with van der Waals surface area (Å²) in [6, 6.07) is 28.3. The van der Waals surface area contributed by atoms with Crippen molar-refractivity contribution < 1.29 is 25.8 Å². The Kier molecular flexibility index (Phi) is 4.32. The highest BCUT2D eigenvalue weighted by Crippen LogP contribution is 2.40. The molecule has 34 heavy (non-hydrogen) atoms. The quantitative estimate of drug-likeness (QED) is 0.150. The molecular weight excluding hydrogens is 461 g/mol. The number of alkyl halides is 3. The first kappa shape index (κ1) is 20.7. The van der Waals surface area contributed by atoms with E-state index in [0.29, 0.717) is 5.39 Å². The first-order valence-electron chi connectivity index (χ1n) is 10.4. The fourth-order valence-corrected chi connectivity index (χ4v) is 5.06.